The highest BCUT2D eigenvalue weighted by atomic mass is 19.1. The van der Waals surface area contributed by atoms with Gasteiger partial charge >= 0.3 is 0 Å². The zero-order valence-electron chi connectivity index (χ0n) is 8.26. The Balaban J connectivity index is 2.70. The Morgan fingerprint density at radius 3 is 2.93 bits per heavy atom. The predicted molar refractivity (Wildman–Crippen MR) is 58.4 cm³/mol. The number of hydrogen-bond acceptors (Lipinski definition) is 2. The third-order valence-corrected chi connectivity index (χ3v) is 1.93. The van der Waals surface area contributed by atoms with Gasteiger partial charge in [-0.05, 0) is 32.1 Å². The van der Waals surface area contributed by atoms with Crippen LogP contribution in [0, 0.1) is 5.82 Å². The molecule has 0 saturated carbocycles. The van der Waals surface area contributed by atoms with E-state index in [0.717, 1.165) is 13.0 Å². The third kappa shape index (κ3) is 2.85. The zero-order chi connectivity index (χ0) is 10.4. The molecule has 0 heterocycles. The summed E-state index contributed by atoms with van der Waals surface area (Å²) < 4.78 is 13.2. The Labute approximate surface area is 83.6 Å². The van der Waals surface area contributed by atoms with Crippen LogP contribution < -0.4 is 11.1 Å². The van der Waals surface area contributed by atoms with Crippen LogP contribution in [0.3, 0.4) is 0 Å². The number of anilines is 1. The molecule has 0 aliphatic heterocycles. The smallest absolute Gasteiger partial charge is 0.132 e. The molecular formula is C11H15FN2. The lowest BCUT2D eigenvalue weighted by molar-refractivity contribution is 0.626. The summed E-state index contributed by atoms with van der Waals surface area (Å²) in [6, 6.07) is 4.71. The van der Waals surface area contributed by atoms with Crippen molar-refractivity contribution in [2.75, 3.05) is 19.3 Å². The molecular weight excluding hydrogens is 179 g/mol. The van der Waals surface area contributed by atoms with E-state index in [1.165, 1.54) is 6.07 Å². The van der Waals surface area contributed by atoms with Crippen LogP contribution in [0.1, 0.15) is 12.0 Å². The fraction of sp³-hybridized carbons (Fsp3) is 0.273. The molecule has 0 aliphatic carbocycles. The minimum absolute atomic E-state index is 0.272. The molecule has 0 saturated heterocycles. The van der Waals surface area contributed by atoms with Gasteiger partial charge in [0.1, 0.15) is 5.82 Å². The summed E-state index contributed by atoms with van der Waals surface area (Å²) in [5.74, 6) is -0.272. The monoisotopic (exact) mass is 194 g/mol. The van der Waals surface area contributed by atoms with E-state index in [1.54, 1.807) is 18.2 Å². The van der Waals surface area contributed by atoms with Crippen molar-refractivity contribution in [3.8, 4) is 0 Å². The molecule has 0 unspecified atom stereocenters. The Kier molecular flexibility index (Phi) is 4.13. The van der Waals surface area contributed by atoms with Gasteiger partial charge in [-0.2, -0.15) is 0 Å². The maximum atomic E-state index is 13.2. The number of rotatable bonds is 4. The highest BCUT2D eigenvalue weighted by Crippen LogP contribution is 2.17. The van der Waals surface area contributed by atoms with Crippen LogP contribution in [0.25, 0.3) is 6.08 Å². The quantitative estimate of drug-likeness (QED) is 0.568. The van der Waals surface area contributed by atoms with Crippen LogP contribution in [-0.4, -0.2) is 13.6 Å². The molecule has 0 bridgehead atoms. The molecule has 3 heteroatoms. The number of benzene rings is 1. The van der Waals surface area contributed by atoms with Gasteiger partial charge in [0.15, 0.2) is 0 Å². The van der Waals surface area contributed by atoms with Crippen molar-refractivity contribution >= 4 is 11.8 Å². The van der Waals surface area contributed by atoms with Gasteiger partial charge in [-0.15, -0.1) is 0 Å². The molecule has 1 rings (SSSR count). The normalized spacial score (nSPS) is 11.0. The number of hydrogen-bond donors (Lipinski definition) is 2. The van der Waals surface area contributed by atoms with Gasteiger partial charge in [0, 0.05) is 11.3 Å². The third-order valence-electron chi connectivity index (χ3n) is 1.93. The summed E-state index contributed by atoms with van der Waals surface area (Å²) in [5, 5.41) is 3.01. The Hall–Kier alpha value is -1.35. The second-order valence-corrected chi connectivity index (χ2v) is 3.04. The zero-order valence-corrected chi connectivity index (χ0v) is 8.26. The molecule has 1 aromatic rings. The SMILES string of the molecule is CNCCC=Cc1c(N)cccc1F. The summed E-state index contributed by atoms with van der Waals surface area (Å²) in [5.41, 5.74) is 6.58. The van der Waals surface area contributed by atoms with Gasteiger partial charge in [0.2, 0.25) is 0 Å². The van der Waals surface area contributed by atoms with Crippen molar-refractivity contribution in [2.24, 2.45) is 0 Å². The maximum absolute atomic E-state index is 13.2. The van der Waals surface area contributed by atoms with Crippen LogP contribution in [0.15, 0.2) is 24.3 Å². The summed E-state index contributed by atoms with van der Waals surface area (Å²) in [4.78, 5) is 0. The van der Waals surface area contributed by atoms with Gasteiger partial charge in [-0.25, -0.2) is 4.39 Å². The van der Waals surface area contributed by atoms with Gasteiger partial charge < -0.3 is 11.1 Å². The van der Waals surface area contributed by atoms with Crippen LogP contribution in [0.5, 0.6) is 0 Å². The van der Waals surface area contributed by atoms with Crippen molar-refractivity contribution in [3.05, 3.63) is 35.7 Å². The molecule has 0 spiro atoms. The molecule has 0 radical (unpaired) electrons. The van der Waals surface area contributed by atoms with E-state index in [1.807, 2.05) is 13.1 Å². The summed E-state index contributed by atoms with van der Waals surface area (Å²) in [6.45, 7) is 0.880. The summed E-state index contributed by atoms with van der Waals surface area (Å²) in [6.07, 6.45) is 4.50. The largest absolute Gasteiger partial charge is 0.398 e. The van der Waals surface area contributed by atoms with E-state index >= 15 is 0 Å². The first-order valence-electron chi connectivity index (χ1n) is 4.61. The molecule has 76 valence electrons. The van der Waals surface area contributed by atoms with Crippen LogP contribution >= 0.6 is 0 Å². The minimum Gasteiger partial charge on any atom is -0.398 e. The van der Waals surface area contributed by atoms with Crippen LogP contribution in [-0.2, 0) is 0 Å². The van der Waals surface area contributed by atoms with Crippen molar-refractivity contribution in [1.29, 1.82) is 0 Å². The Bertz CT molecular complexity index is 301. The minimum atomic E-state index is -0.272. The van der Waals surface area contributed by atoms with E-state index in [4.69, 9.17) is 5.73 Å². The molecule has 1 aromatic carbocycles. The average molecular weight is 194 g/mol. The first-order chi connectivity index (χ1) is 6.75. The van der Waals surface area contributed by atoms with Gasteiger partial charge in [0.25, 0.3) is 0 Å². The molecule has 0 amide bonds. The van der Waals surface area contributed by atoms with Crippen molar-refractivity contribution in [2.45, 2.75) is 6.42 Å². The number of nitrogens with one attached hydrogen (secondary N) is 1. The molecule has 3 N–H and O–H groups in total. The molecule has 0 atom stereocenters. The van der Waals surface area contributed by atoms with E-state index < -0.39 is 0 Å². The number of nitrogen functional groups attached to an aromatic ring is 1. The lowest BCUT2D eigenvalue weighted by Crippen LogP contribution is -2.05. The van der Waals surface area contributed by atoms with Crippen molar-refractivity contribution in [3.63, 3.8) is 0 Å². The van der Waals surface area contributed by atoms with Crippen molar-refractivity contribution < 1.29 is 4.39 Å². The number of halogens is 1. The standard InChI is InChI=1S/C11H15FN2/c1-14-8-3-2-5-9-10(12)6-4-7-11(9)13/h2,4-7,14H,3,8,13H2,1H3. The topological polar surface area (TPSA) is 38.0 Å². The Morgan fingerprint density at radius 2 is 2.29 bits per heavy atom. The van der Waals surface area contributed by atoms with Crippen LogP contribution in [0.4, 0.5) is 10.1 Å². The van der Waals surface area contributed by atoms with E-state index in [-0.39, 0.29) is 5.82 Å². The second kappa shape index (κ2) is 5.40. The van der Waals surface area contributed by atoms with E-state index in [2.05, 4.69) is 5.32 Å². The predicted octanol–water partition coefficient (Wildman–Crippen LogP) is 2.03. The fourth-order valence-corrected chi connectivity index (χ4v) is 1.16. The molecule has 0 aliphatic rings. The lowest BCUT2D eigenvalue weighted by atomic mass is 10.1. The van der Waals surface area contributed by atoms with Crippen LogP contribution in [0.2, 0.25) is 0 Å². The van der Waals surface area contributed by atoms with E-state index in [0.29, 0.717) is 11.3 Å². The van der Waals surface area contributed by atoms with Crippen molar-refractivity contribution in [1.82, 2.24) is 5.32 Å². The molecule has 0 fully saturated rings. The first-order valence-corrected chi connectivity index (χ1v) is 4.61. The van der Waals surface area contributed by atoms with E-state index in [9.17, 15) is 4.39 Å². The first kappa shape index (κ1) is 10.7. The van der Waals surface area contributed by atoms with Gasteiger partial charge in [0.05, 0.1) is 0 Å². The second-order valence-electron chi connectivity index (χ2n) is 3.04. The van der Waals surface area contributed by atoms with Gasteiger partial charge in [-0.1, -0.05) is 18.2 Å². The Morgan fingerprint density at radius 1 is 1.50 bits per heavy atom. The summed E-state index contributed by atoms with van der Waals surface area (Å²) in [7, 11) is 1.88. The molecule has 2 nitrogen and oxygen atoms in total. The highest BCUT2D eigenvalue weighted by molar-refractivity contribution is 5.64. The highest BCUT2D eigenvalue weighted by Gasteiger charge is 2.00. The lowest BCUT2D eigenvalue weighted by Gasteiger charge is -2.00. The van der Waals surface area contributed by atoms with Gasteiger partial charge in [-0.3, -0.25) is 0 Å². The number of nitrogens with two attached hydrogens (primary N) is 1. The maximum Gasteiger partial charge on any atom is 0.132 e. The molecule has 0 aromatic heterocycles. The average Bonchev–Trinajstić information content (AvgIpc) is 2.16. The summed E-state index contributed by atoms with van der Waals surface area (Å²) >= 11 is 0. The molecule has 14 heavy (non-hydrogen) atoms. The fourth-order valence-electron chi connectivity index (χ4n) is 1.16.